The van der Waals surface area contributed by atoms with E-state index in [0.717, 1.165) is 16.9 Å². The van der Waals surface area contributed by atoms with E-state index < -0.39 is 17.8 Å². The topological polar surface area (TPSA) is 104 Å². The number of hydrogen-bond donors (Lipinski definition) is 1. The van der Waals surface area contributed by atoms with E-state index in [0.29, 0.717) is 29.9 Å². The Bertz CT molecular complexity index is 1240. The molecule has 1 aromatic carbocycles. The van der Waals surface area contributed by atoms with E-state index in [-0.39, 0.29) is 41.0 Å². The molecule has 0 atom stereocenters. The van der Waals surface area contributed by atoms with Crippen molar-refractivity contribution in [3.05, 3.63) is 82.1 Å². The summed E-state index contributed by atoms with van der Waals surface area (Å²) < 4.78 is 21.9. The van der Waals surface area contributed by atoms with Gasteiger partial charge in [0.15, 0.2) is 5.76 Å². The quantitative estimate of drug-likeness (QED) is 0.237. The number of ether oxygens (including phenoxy) is 3. The zero-order chi connectivity index (χ0) is 26.1. The van der Waals surface area contributed by atoms with Crippen LogP contribution in [0.3, 0.4) is 0 Å². The summed E-state index contributed by atoms with van der Waals surface area (Å²) in [5.41, 5.74) is 1.50. The van der Waals surface area contributed by atoms with Crippen LogP contribution in [0.1, 0.15) is 67.7 Å². The molecular formula is C27H29NO7S. The number of furan rings is 1. The van der Waals surface area contributed by atoms with Gasteiger partial charge in [-0.15, -0.1) is 17.9 Å². The Morgan fingerprint density at radius 1 is 1.08 bits per heavy atom. The van der Waals surface area contributed by atoms with Gasteiger partial charge in [-0.25, -0.2) is 9.59 Å². The second kappa shape index (κ2) is 12.7. The van der Waals surface area contributed by atoms with Crippen LogP contribution in [-0.4, -0.2) is 31.1 Å². The third kappa shape index (κ3) is 6.42. The minimum Gasteiger partial charge on any atom is -0.485 e. The van der Waals surface area contributed by atoms with E-state index in [1.54, 1.807) is 26.0 Å². The van der Waals surface area contributed by atoms with E-state index in [1.165, 1.54) is 6.07 Å². The van der Waals surface area contributed by atoms with Gasteiger partial charge in [0.1, 0.15) is 28.0 Å². The number of thiophene rings is 1. The lowest BCUT2D eigenvalue weighted by Crippen LogP contribution is -2.14. The minimum absolute atomic E-state index is 0.0320. The molecule has 190 valence electrons. The summed E-state index contributed by atoms with van der Waals surface area (Å²) >= 11 is 0.958. The second-order valence-corrected chi connectivity index (χ2v) is 8.75. The fraction of sp³-hybridized carbons (Fsp3) is 0.296. The van der Waals surface area contributed by atoms with Gasteiger partial charge in [0.25, 0.3) is 5.91 Å². The van der Waals surface area contributed by atoms with Crippen molar-refractivity contribution in [2.24, 2.45) is 0 Å². The Kier molecular flexibility index (Phi) is 9.46. The maximum atomic E-state index is 12.9. The summed E-state index contributed by atoms with van der Waals surface area (Å²) in [6, 6.07) is 10.8. The number of benzene rings is 1. The van der Waals surface area contributed by atoms with Crippen LogP contribution in [0.15, 0.2) is 53.5 Å². The molecule has 0 fully saturated rings. The van der Waals surface area contributed by atoms with Crippen LogP contribution < -0.4 is 10.1 Å². The molecule has 2 aromatic heterocycles. The molecule has 0 saturated carbocycles. The van der Waals surface area contributed by atoms with Crippen molar-refractivity contribution in [3.63, 3.8) is 0 Å². The minimum atomic E-state index is -0.622. The van der Waals surface area contributed by atoms with E-state index in [2.05, 4.69) is 11.9 Å². The normalized spacial score (nSPS) is 10.5. The number of amides is 1. The van der Waals surface area contributed by atoms with Crippen molar-refractivity contribution < 1.29 is 33.0 Å². The molecule has 0 radical (unpaired) electrons. The predicted molar refractivity (Wildman–Crippen MR) is 137 cm³/mol. The van der Waals surface area contributed by atoms with Crippen molar-refractivity contribution in [2.45, 2.75) is 40.2 Å². The van der Waals surface area contributed by atoms with Crippen LogP contribution in [0.2, 0.25) is 0 Å². The molecule has 3 rings (SSSR count). The van der Waals surface area contributed by atoms with Gasteiger partial charge in [-0.3, -0.25) is 4.79 Å². The highest BCUT2D eigenvalue weighted by Crippen LogP contribution is 2.35. The Hall–Kier alpha value is -3.85. The van der Waals surface area contributed by atoms with Gasteiger partial charge in [0.2, 0.25) is 0 Å². The standard InChI is InChI=1S/C27H29NO7S/c1-5-10-18-11-8-9-12-20(18)34-16-19-13-14-21(35-19)24(29)28-25-22(26(30)33-15-6-2)17(4)23(36-25)27(31)32-7-3/h5,8-9,11-14H,1,6-7,10,15-16H2,2-4H3,(H,28,29). The van der Waals surface area contributed by atoms with E-state index in [4.69, 9.17) is 18.6 Å². The molecule has 1 amide bonds. The largest absolute Gasteiger partial charge is 0.485 e. The number of para-hydroxylation sites is 1. The van der Waals surface area contributed by atoms with Crippen molar-refractivity contribution in [1.29, 1.82) is 0 Å². The lowest BCUT2D eigenvalue weighted by molar-refractivity contribution is 0.0506. The predicted octanol–water partition coefficient (Wildman–Crippen LogP) is 5.95. The van der Waals surface area contributed by atoms with E-state index >= 15 is 0 Å². The highest BCUT2D eigenvalue weighted by atomic mass is 32.1. The molecule has 0 bridgehead atoms. The van der Waals surface area contributed by atoms with Gasteiger partial charge in [-0.05, 0) is 56.0 Å². The number of carbonyl (C=O) groups excluding carboxylic acids is 3. The first-order valence-corrected chi connectivity index (χ1v) is 12.4. The fourth-order valence-corrected chi connectivity index (χ4v) is 4.45. The molecule has 3 aromatic rings. The number of carbonyl (C=O) groups is 3. The third-order valence-corrected chi connectivity index (χ3v) is 6.26. The maximum Gasteiger partial charge on any atom is 0.348 e. The first-order chi connectivity index (χ1) is 17.4. The SMILES string of the molecule is C=CCc1ccccc1OCc1ccc(C(=O)Nc2sc(C(=O)OCC)c(C)c2C(=O)OCCC)o1. The molecular weight excluding hydrogens is 482 g/mol. The van der Waals surface area contributed by atoms with Crippen LogP contribution in [0, 0.1) is 6.92 Å². The van der Waals surface area contributed by atoms with Gasteiger partial charge in [0, 0.05) is 0 Å². The number of nitrogens with one attached hydrogen (secondary N) is 1. The summed E-state index contributed by atoms with van der Waals surface area (Å²) in [6.07, 6.45) is 3.10. The second-order valence-electron chi connectivity index (χ2n) is 7.73. The van der Waals surface area contributed by atoms with Crippen molar-refractivity contribution >= 4 is 34.2 Å². The molecule has 0 spiro atoms. The Morgan fingerprint density at radius 3 is 2.58 bits per heavy atom. The Labute approximate surface area is 213 Å². The maximum absolute atomic E-state index is 12.9. The Morgan fingerprint density at radius 2 is 1.86 bits per heavy atom. The average molecular weight is 512 g/mol. The zero-order valence-corrected chi connectivity index (χ0v) is 21.4. The molecule has 0 unspecified atom stereocenters. The van der Waals surface area contributed by atoms with Gasteiger partial charge in [-0.1, -0.05) is 31.2 Å². The number of rotatable bonds is 12. The fourth-order valence-electron chi connectivity index (χ4n) is 3.37. The third-order valence-electron chi connectivity index (χ3n) is 5.07. The van der Waals surface area contributed by atoms with Crippen molar-refractivity contribution in [1.82, 2.24) is 0 Å². The smallest absolute Gasteiger partial charge is 0.348 e. The number of esters is 2. The summed E-state index contributed by atoms with van der Waals surface area (Å²) in [4.78, 5) is 38.2. The van der Waals surface area contributed by atoms with Crippen molar-refractivity contribution in [2.75, 3.05) is 18.5 Å². The first kappa shape index (κ1) is 26.7. The van der Waals surface area contributed by atoms with Crippen LogP contribution in [-0.2, 0) is 22.5 Å². The average Bonchev–Trinajstić information content (AvgIpc) is 3.47. The van der Waals surface area contributed by atoms with Crippen LogP contribution in [0.4, 0.5) is 5.00 Å². The summed E-state index contributed by atoms with van der Waals surface area (Å²) in [7, 11) is 0. The zero-order valence-electron chi connectivity index (χ0n) is 20.6. The molecule has 8 nitrogen and oxygen atoms in total. The van der Waals surface area contributed by atoms with Gasteiger partial charge in [-0.2, -0.15) is 0 Å². The van der Waals surface area contributed by atoms with Crippen molar-refractivity contribution in [3.8, 4) is 5.75 Å². The van der Waals surface area contributed by atoms with E-state index in [9.17, 15) is 14.4 Å². The molecule has 1 N–H and O–H groups in total. The first-order valence-electron chi connectivity index (χ1n) is 11.6. The molecule has 9 heteroatoms. The van der Waals surface area contributed by atoms with Gasteiger partial charge < -0.3 is 23.9 Å². The summed E-state index contributed by atoms with van der Waals surface area (Å²) in [5, 5.41) is 2.87. The number of hydrogen-bond acceptors (Lipinski definition) is 8. The van der Waals surface area contributed by atoms with Gasteiger partial charge >= 0.3 is 11.9 Å². The summed E-state index contributed by atoms with van der Waals surface area (Å²) in [5.74, 6) is -0.581. The lowest BCUT2D eigenvalue weighted by Gasteiger charge is -2.09. The van der Waals surface area contributed by atoms with Crippen LogP contribution in [0.5, 0.6) is 5.75 Å². The monoisotopic (exact) mass is 511 g/mol. The Balaban J connectivity index is 1.77. The number of allylic oxidation sites excluding steroid dienone is 1. The molecule has 0 saturated heterocycles. The van der Waals surface area contributed by atoms with Crippen LogP contribution >= 0.6 is 11.3 Å². The molecule has 0 aliphatic carbocycles. The molecule has 2 heterocycles. The molecule has 36 heavy (non-hydrogen) atoms. The molecule has 0 aliphatic heterocycles. The summed E-state index contributed by atoms with van der Waals surface area (Å²) in [6.45, 7) is 9.46. The lowest BCUT2D eigenvalue weighted by atomic mass is 10.1. The van der Waals surface area contributed by atoms with Crippen LogP contribution in [0.25, 0.3) is 0 Å². The van der Waals surface area contributed by atoms with Gasteiger partial charge in [0.05, 0.1) is 18.8 Å². The van der Waals surface area contributed by atoms with E-state index in [1.807, 2.05) is 31.2 Å². The number of anilines is 1. The highest BCUT2D eigenvalue weighted by molar-refractivity contribution is 7.18. The molecule has 0 aliphatic rings. The highest BCUT2D eigenvalue weighted by Gasteiger charge is 2.28.